The minimum Gasteiger partial charge on any atom is -0.463 e. The molecule has 1 aromatic carbocycles. The topological polar surface area (TPSA) is 69.1 Å². The largest absolute Gasteiger partial charge is 0.463 e. The molecule has 0 saturated carbocycles. The van der Waals surface area contributed by atoms with Gasteiger partial charge in [-0.1, -0.05) is 17.7 Å². The second-order valence-corrected chi connectivity index (χ2v) is 7.75. The molecule has 4 heterocycles. The fraction of sp³-hybridized carbons (Fsp3) is 0.227. The van der Waals surface area contributed by atoms with Gasteiger partial charge in [0.2, 0.25) is 0 Å². The number of halogens is 1. The first-order chi connectivity index (χ1) is 14.7. The molecule has 0 radical (unpaired) electrons. The van der Waals surface area contributed by atoms with Crippen LogP contribution in [0.5, 0.6) is 0 Å². The van der Waals surface area contributed by atoms with E-state index in [4.69, 9.17) is 16.0 Å². The van der Waals surface area contributed by atoms with Crippen molar-refractivity contribution in [2.45, 2.75) is 18.9 Å². The van der Waals surface area contributed by atoms with E-state index in [1.54, 1.807) is 29.3 Å². The van der Waals surface area contributed by atoms with Gasteiger partial charge in [-0.15, -0.1) is 0 Å². The molecule has 0 atom stereocenters. The Balaban J connectivity index is 1.42. The summed E-state index contributed by atoms with van der Waals surface area (Å²) in [7, 11) is 0. The van der Waals surface area contributed by atoms with Crippen LogP contribution in [0.2, 0.25) is 5.02 Å². The molecule has 1 saturated heterocycles. The van der Waals surface area contributed by atoms with Crippen molar-refractivity contribution in [1.29, 1.82) is 0 Å². The van der Waals surface area contributed by atoms with Crippen LogP contribution in [-0.4, -0.2) is 43.2 Å². The Hall–Kier alpha value is -3.32. The summed E-state index contributed by atoms with van der Waals surface area (Å²) in [5, 5.41) is 5.21. The first-order valence-corrected chi connectivity index (χ1v) is 10.2. The highest BCUT2D eigenvalue weighted by Crippen LogP contribution is 2.28. The van der Waals surface area contributed by atoms with Crippen LogP contribution in [0.15, 0.2) is 71.9 Å². The minimum absolute atomic E-state index is 0.0762. The Morgan fingerprint density at radius 2 is 2.00 bits per heavy atom. The fourth-order valence-electron chi connectivity index (χ4n) is 3.90. The van der Waals surface area contributed by atoms with Gasteiger partial charge in [0.1, 0.15) is 5.69 Å². The number of likely N-dealkylation sites (tertiary alicyclic amines) is 1. The van der Waals surface area contributed by atoms with Gasteiger partial charge < -0.3 is 13.9 Å². The van der Waals surface area contributed by atoms with Crippen LogP contribution in [0.1, 0.15) is 29.4 Å². The number of hydrogen-bond acceptors (Lipinski definition) is 4. The van der Waals surface area contributed by atoms with E-state index in [0.717, 1.165) is 18.5 Å². The van der Waals surface area contributed by atoms with Crippen molar-refractivity contribution in [3.05, 3.63) is 78.2 Å². The molecule has 1 amide bonds. The molecule has 5 rings (SSSR count). The normalized spacial score (nSPS) is 14.9. The van der Waals surface area contributed by atoms with Crippen molar-refractivity contribution >= 4 is 17.5 Å². The summed E-state index contributed by atoms with van der Waals surface area (Å²) in [5.74, 6) is 0.563. The molecule has 7 nitrogen and oxygen atoms in total. The molecule has 1 aliphatic heterocycles. The summed E-state index contributed by atoms with van der Waals surface area (Å²) in [5.41, 5.74) is 1.87. The molecule has 1 fully saturated rings. The first-order valence-electron chi connectivity index (χ1n) is 9.85. The Bertz CT molecular complexity index is 1140. The maximum Gasteiger partial charge on any atom is 0.274 e. The Morgan fingerprint density at radius 3 is 2.70 bits per heavy atom. The van der Waals surface area contributed by atoms with Crippen LogP contribution in [0.4, 0.5) is 0 Å². The third-order valence-corrected chi connectivity index (χ3v) is 5.69. The number of furan rings is 1. The Kier molecular flexibility index (Phi) is 4.88. The highest BCUT2D eigenvalue weighted by molar-refractivity contribution is 6.30. The number of carbonyl (C=O) groups excluding carboxylic acids is 1. The van der Waals surface area contributed by atoms with Gasteiger partial charge >= 0.3 is 0 Å². The molecule has 0 spiro atoms. The number of benzene rings is 1. The van der Waals surface area contributed by atoms with E-state index in [1.165, 1.54) is 0 Å². The zero-order valence-corrected chi connectivity index (χ0v) is 16.9. The Morgan fingerprint density at radius 1 is 1.13 bits per heavy atom. The van der Waals surface area contributed by atoms with E-state index in [9.17, 15) is 4.79 Å². The van der Waals surface area contributed by atoms with Gasteiger partial charge in [-0.3, -0.25) is 4.79 Å². The van der Waals surface area contributed by atoms with Crippen molar-refractivity contribution in [2.24, 2.45) is 0 Å². The lowest BCUT2D eigenvalue weighted by Crippen LogP contribution is -2.39. The molecular weight excluding hydrogens is 402 g/mol. The van der Waals surface area contributed by atoms with E-state index in [0.29, 0.717) is 41.3 Å². The van der Waals surface area contributed by atoms with E-state index in [2.05, 4.69) is 14.6 Å². The number of hydrogen-bond donors (Lipinski definition) is 0. The van der Waals surface area contributed by atoms with Gasteiger partial charge in [-0.2, -0.15) is 5.10 Å². The van der Waals surface area contributed by atoms with Crippen molar-refractivity contribution in [3.63, 3.8) is 0 Å². The smallest absolute Gasteiger partial charge is 0.274 e. The number of carbonyl (C=O) groups is 1. The maximum absolute atomic E-state index is 13.2. The van der Waals surface area contributed by atoms with Crippen LogP contribution >= 0.6 is 11.6 Å². The average Bonchev–Trinajstić information content (AvgIpc) is 3.55. The first kappa shape index (κ1) is 18.7. The number of amides is 1. The number of rotatable bonds is 4. The predicted octanol–water partition coefficient (Wildman–Crippen LogP) is 4.46. The standard InChI is InChI=1S/C22H20ClN5O2/c23-16-3-1-4-18(13-16)28-20(21-5-2-12-30-21)14-19(25-28)22(29)26-9-6-17(7-10-26)27-11-8-24-15-27/h1-5,8,11-15,17H,6-7,9-10H2. The Labute approximate surface area is 178 Å². The highest BCUT2D eigenvalue weighted by Gasteiger charge is 2.27. The van der Waals surface area contributed by atoms with Crippen molar-refractivity contribution in [1.82, 2.24) is 24.2 Å². The molecule has 0 N–H and O–H groups in total. The summed E-state index contributed by atoms with van der Waals surface area (Å²) >= 11 is 6.17. The van der Waals surface area contributed by atoms with Gasteiger partial charge in [0.05, 0.1) is 18.3 Å². The molecular formula is C22H20ClN5O2. The van der Waals surface area contributed by atoms with E-state index in [1.807, 2.05) is 47.8 Å². The second kappa shape index (κ2) is 7.84. The van der Waals surface area contributed by atoms with Gasteiger partial charge in [0.25, 0.3) is 5.91 Å². The third-order valence-electron chi connectivity index (χ3n) is 5.45. The van der Waals surface area contributed by atoms with Crippen LogP contribution in [0, 0.1) is 0 Å². The molecule has 0 bridgehead atoms. The van der Waals surface area contributed by atoms with E-state index in [-0.39, 0.29) is 5.91 Å². The molecule has 0 unspecified atom stereocenters. The maximum atomic E-state index is 13.2. The van der Waals surface area contributed by atoms with Gasteiger partial charge in [0, 0.05) is 42.6 Å². The molecule has 4 aromatic rings. The molecule has 8 heteroatoms. The lowest BCUT2D eigenvalue weighted by Gasteiger charge is -2.32. The molecule has 152 valence electrons. The zero-order chi connectivity index (χ0) is 20.5. The number of nitrogens with zero attached hydrogens (tertiary/aromatic N) is 5. The lowest BCUT2D eigenvalue weighted by atomic mass is 10.0. The number of aromatic nitrogens is 4. The monoisotopic (exact) mass is 421 g/mol. The molecule has 1 aliphatic rings. The quantitative estimate of drug-likeness (QED) is 0.488. The number of piperidine rings is 1. The summed E-state index contributed by atoms with van der Waals surface area (Å²) in [6.07, 6.45) is 8.99. The van der Waals surface area contributed by atoms with Gasteiger partial charge in [-0.25, -0.2) is 9.67 Å². The van der Waals surface area contributed by atoms with Crippen LogP contribution < -0.4 is 0 Å². The zero-order valence-electron chi connectivity index (χ0n) is 16.2. The van der Waals surface area contributed by atoms with Gasteiger partial charge in [-0.05, 0) is 43.2 Å². The summed E-state index contributed by atoms with van der Waals surface area (Å²) in [6, 6.07) is 13.2. The van der Waals surface area contributed by atoms with Crippen molar-refractivity contribution in [2.75, 3.05) is 13.1 Å². The number of imidazole rings is 1. The summed E-state index contributed by atoms with van der Waals surface area (Å²) < 4.78 is 9.40. The molecule has 0 aliphatic carbocycles. The molecule has 30 heavy (non-hydrogen) atoms. The molecule has 3 aromatic heterocycles. The lowest BCUT2D eigenvalue weighted by molar-refractivity contribution is 0.0688. The van der Waals surface area contributed by atoms with Crippen molar-refractivity contribution < 1.29 is 9.21 Å². The second-order valence-electron chi connectivity index (χ2n) is 7.32. The van der Waals surface area contributed by atoms with Crippen molar-refractivity contribution in [3.8, 4) is 17.1 Å². The third kappa shape index (κ3) is 3.52. The van der Waals surface area contributed by atoms with Crippen LogP contribution in [-0.2, 0) is 0 Å². The summed E-state index contributed by atoms with van der Waals surface area (Å²) in [4.78, 5) is 19.2. The SMILES string of the molecule is O=C(c1cc(-c2ccco2)n(-c2cccc(Cl)c2)n1)N1CCC(n2ccnc2)CC1. The average molecular weight is 422 g/mol. The van der Waals surface area contributed by atoms with Gasteiger partial charge in [0.15, 0.2) is 11.5 Å². The predicted molar refractivity (Wildman–Crippen MR) is 113 cm³/mol. The van der Waals surface area contributed by atoms with E-state index < -0.39 is 0 Å². The fourth-order valence-corrected chi connectivity index (χ4v) is 4.09. The van der Waals surface area contributed by atoms with Crippen LogP contribution in [0.3, 0.4) is 0 Å². The minimum atomic E-state index is -0.0762. The van der Waals surface area contributed by atoms with E-state index >= 15 is 0 Å². The van der Waals surface area contributed by atoms with Crippen LogP contribution in [0.25, 0.3) is 17.1 Å². The highest BCUT2D eigenvalue weighted by atomic mass is 35.5. The summed E-state index contributed by atoms with van der Waals surface area (Å²) in [6.45, 7) is 1.36.